The molecular formula is C26H39N3O3Si. The zero-order chi connectivity index (χ0) is 24.1. The molecule has 7 heteroatoms. The molecule has 1 saturated carbocycles. The van der Waals surface area contributed by atoms with Crippen molar-refractivity contribution in [2.24, 2.45) is 5.73 Å². The van der Waals surface area contributed by atoms with E-state index in [1.807, 2.05) is 12.1 Å². The number of nitrogens with one attached hydrogen (secondary N) is 1. The molecule has 1 fully saturated rings. The van der Waals surface area contributed by atoms with Crippen LogP contribution in [0, 0.1) is 0 Å². The second kappa shape index (κ2) is 10.8. The second-order valence-electron chi connectivity index (χ2n) is 10.6. The molecule has 0 radical (unpaired) electrons. The number of nitrogens with two attached hydrogens (primary N) is 1. The Morgan fingerprint density at radius 1 is 1.15 bits per heavy atom. The number of hydrogen-bond acceptors (Lipinski definition) is 5. The maximum absolute atomic E-state index is 11.1. The number of nitrogens with zero attached hydrogens (tertiary/aromatic N) is 1. The number of primary amides is 1. The van der Waals surface area contributed by atoms with E-state index < -0.39 is 14.2 Å². The van der Waals surface area contributed by atoms with Crippen LogP contribution in [0.25, 0.3) is 0 Å². The van der Waals surface area contributed by atoms with Gasteiger partial charge in [-0.25, -0.2) is 4.98 Å². The zero-order valence-corrected chi connectivity index (χ0v) is 21.7. The molecule has 2 aromatic rings. The van der Waals surface area contributed by atoms with E-state index in [0.29, 0.717) is 29.3 Å². The zero-order valence-electron chi connectivity index (χ0n) is 20.7. The largest absolute Gasteiger partial charge is 0.439 e. The molecule has 0 aliphatic heterocycles. The van der Waals surface area contributed by atoms with Crippen LogP contribution in [0.1, 0.15) is 62.4 Å². The maximum Gasteiger partial charge on any atom is 0.250 e. The molecule has 2 atom stereocenters. The number of carbonyl (C=O) groups is 1. The van der Waals surface area contributed by atoms with Gasteiger partial charge >= 0.3 is 0 Å². The van der Waals surface area contributed by atoms with Crippen molar-refractivity contribution in [1.82, 2.24) is 10.3 Å². The van der Waals surface area contributed by atoms with Crippen LogP contribution in [-0.2, 0) is 10.8 Å². The van der Waals surface area contributed by atoms with E-state index >= 15 is 0 Å². The summed E-state index contributed by atoms with van der Waals surface area (Å²) in [5.41, 5.74) is 6.86. The molecular weight excluding hydrogens is 430 g/mol. The monoisotopic (exact) mass is 469 g/mol. The molecule has 6 nitrogen and oxygen atoms in total. The first-order chi connectivity index (χ1) is 15.5. The third-order valence-corrected chi connectivity index (χ3v) is 11.4. The van der Waals surface area contributed by atoms with Crippen molar-refractivity contribution in [1.29, 1.82) is 0 Å². The maximum atomic E-state index is 11.1. The SMILES string of the molecule is CC(C)(C)[Si](C)(C)OC1CCCC(NCCc2ccc(Oc3ccc(C(N)=O)cn3)cc2)C1. The number of carbonyl (C=O) groups excluding carboxylic acids is 1. The highest BCUT2D eigenvalue weighted by Crippen LogP contribution is 2.39. The van der Waals surface area contributed by atoms with E-state index in [0.717, 1.165) is 19.4 Å². The lowest BCUT2D eigenvalue weighted by atomic mass is 9.93. The molecule has 0 saturated heterocycles. The third-order valence-electron chi connectivity index (χ3n) is 6.91. The summed E-state index contributed by atoms with van der Waals surface area (Å²) in [5, 5.41) is 4.01. The van der Waals surface area contributed by atoms with E-state index in [-0.39, 0.29) is 5.04 Å². The lowest BCUT2D eigenvalue weighted by Gasteiger charge is -2.41. The van der Waals surface area contributed by atoms with Crippen LogP contribution in [-0.4, -0.2) is 37.9 Å². The summed E-state index contributed by atoms with van der Waals surface area (Å²) < 4.78 is 12.4. The summed E-state index contributed by atoms with van der Waals surface area (Å²) in [6.07, 6.45) is 7.54. The molecule has 1 amide bonds. The predicted octanol–water partition coefficient (Wildman–Crippen LogP) is 5.44. The van der Waals surface area contributed by atoms with Crippen LogP contribution in [0.4, 0.5) is 0 Å². The summed E-state index contributed by atoms with van der Waals surface area (Å²) in [6, 6.07) is 11.8. The minimum absolute atomic E-state index is 0.256. The standard InChI is InChI=1S/C26H39N3O3Si/c1-26(2,3)33(4,5)32-23-8-6-7-21(17-23)28-16-15-19-9-12-22(13-10-19)31-24-14-11-20(18-29-24)25(27)30/h9-14,18,21,23,28H,6-8,15-17H2,1-5H3,(H2,27,30). The molecule has 33 heavy (non-hydrogen) atoms. The summed E-state index contributed by atoms with van der Waals surface area (Å²) in [6.45, 7) is 12.6. The van der Waals surface area contributed by atoms with Crippen LogP contribution in [0.5, 0.6) is 11.6 Å². The lowest BCUT2D eigenvalue weighted by molar-refractivity contribution is 0.1000. The number of pyridine rings is 1. The van der Waals surface area contributed by atoms with Crippen LogP contribution in [0.3, 0.4) is 0 Å². The van der Waals surface area contributed by atoms with E-state index in [1.165, 1.54) is 31.0 Å². The van der Waals surface area contributed by atoms with Gasteiger partial charge < -0.3 is 20.2 Å². The van der Waals surface area contributed by atoms with Gasteiger partial charge in [-0.3, -0.25) is 4.79 Å². The fourth-order valence-corrected chi connectivity index (χ4v) is 5.28. The molecule has 1 aliphatic rings. The average Bonchev–Trinajstić information content (AvgIpc) is 2.74. The van der Waals surface area contributed by atoms with Crippen molar-refractivity contribution in [3.05, 3.63) is 53.7 Å². The lowest BCUT2D eigenvalue weighted by Crippen LogP contribution is -2.47. The smallest absolute Gasteiger partial charge is 0.250 e. The van der Waals surface area contributed by atoms with E-state index in [2.05, 4.69) is 56.3 Å². The summed E-state index contributed by atoms with van der Waals surface area (Å²) in [7, 11) is -1.71. The molecule has 2 unspecified atom stereocenters. The molecule has 1 heterocycles. The Kier molecular flexibility index (Phi) is 8.32. The minimum atomic E-state index is -1.71. The van der Waals surface area contributed by atoms with Crippen molar-refractivity contribution in [3.63, 3.8) is 0 Å². The predicted molar refractivity (Wildman–Crippen MR) is 135 cm³/mol. The Labute approximate surface area is 199 Å². The van der Waals surface area contributed by atoms with E-state index in [4.69, 9.17) is 14.9 Å². The number of rotatable bonds is 9. The van der Waals surface area contributed by atoms with Crippen molar-refractivity contribution < 1.29 is 14.0 Å². The Balaban J connectivity index is 1.43. The van der Waals surface area contributed by atoms with Gasteiger partial charge in [0, 0.05) is 24.4 Å². The number of hydrogen-bond donors (Lipinski definition) is 2. The van der Waals surface area contributed by atoms with Crippen molar-refractivity contribution >= 4 is 14.2 Å². The fraction of sp³-hybridized carbons (Fsp3) is 0.538. The Morgan fingerprint density at radius 2 is 1.88 bits per heavy atom. The summed E-state index contributed by atoms with van der Waals surface area (Å²) in [4.78, 5) is 15.3. The molecule has 180 valence electrons. The Bertz CT molecular complexity index is 908. The number of ether oxygens (including phenoxy) is 1. The highest BCUT2D eigenvalue weighted by atomic mass is 28.4. The number of benzene rings is 1. The normalized spacial score (nSPS) is 19.3. The van der Waals surface area contributed by atoms with Gasteiger partial charge in [0.2, 0.25) is 11.8 Å². The molecule has 0 spiro atoms. The topological polar surface area (TPSA) is 86.5 Å². The van der Waals surface area contributed by atoms with Gasteiger partial charge in [-0.2, -0.15) is 0 Å². The van der Waals surface area contributed by atoms with Crippen molar-refractivity contribution in [2.75, 3.05) is 6.54 Å². The molecule has 3 rings (SSSR count). The molecule has 1 aromatic heterocycles. The van der Waals surface area contributed by atoms with Gasteiger partial charge in [0.1, 0.15) is 5.75 Å². The first-order valence-corrected chi connectivity index (χ1v) is 14.9. The highest BCUT2D eigenvalue weighted by Gasteiger charge is 2.40. The van der Waals surface area contributed by atoms with Crippen molar-refractivity contribution in [3.8, 4) is 11.6 Å². The quantitative estimate of drug-likeness (QED) is 0.478. The Morgan fingerprint density at radius 3 is 2.48 bits per heavy atom. The van der Waals surface area contributed by atoms with E-state index in [1.54, 1.807) is 12.1 Å². The highest BCUT2D eigenvalue weighted by molar-refractivity contribution is 6.74. The van der Waals surface area contributed by atoms with Crippen LogP contribution in [0.15, 0.2) is 42.6 Å². The molecule has 0 bridgehead atoms. The second-order valence-corrected chi connectivity index (χ2v) is 15.3. The van der Waals surface area contributed by atoms with Gasteiger partial charge in [-0.1, -0.05) is 32.9 Å². The van der Waals surface area contributed by atoms with Crippen LogP contribution in [0.2, 0.25) is 18.1 Å². The third kappa shape index (κ3) is 7.38. The fourth-order valence-electron chi connectivity index (χ4n) is 3.88. The molecule has 3 N–H and O–H groups in total. The summed E-state index contributed by atoms with van der Waals surface area (Å²) >= 11 is 0. The minimum Gasteiger partial charge on any atom is -0.439 e. The number of amides is 1. The van der Waals surface area contributed by atoms with Gasteiger partial charge in [-0.05, 0) is 80.5 Å². The Hall–Kier alpha value is -2.22. The van der Waals surface area contributed by atoms with Gasteiger partial charge in [0.05, 0.1) is 5.56 Å². The van der Waals surface area contributed by atoms with Gasteiger partial charge in [-0.15, -0.1) is 0 Å². The first-order valence-electron chi connectivity index (χ1n) is 12.0. The van der Waals surface area contributed by atoms with Crippen molar-refractivity contribution in [2.45, 2.75) is 83.2 Å². The van der Waals surface area contributed by atoms with E-state index in [9.17, 15) is 4.79 Å². The van der Waals surface area contributed by atoms with Gasteiger partial charge in [0.25, 0.3) is 0 Å². The van der Waals surface area contributed by atoms with Gasteiger partial charge in [0.15, 0.2) is 8.32 Å². The molecule has 1 aliphatic carbocycles. The van der Waals surface area contributed by atoms with Crippen LogP contribution >= 0.6 is 0 Å². The average molecular weight is 470 g/mol. The van der Waals surface area contributed by atoms with Crippen LogP contribution < -0.4 is 15.8 Å². The molecule has 1 aromatic carbocycles. The first kappa shape index (κ1) is 25.4. The number of aromatic nitrogens is 1. The summed E-state index contributed by atoms with van der Waals surface area (Å²) in [5.74, 6) is 0.643.